The number of pyridine rings is 1. The van der Waals surface area contributed by atoms with Gasteiger partial charge in [-0.2, -0.15) is 0 Å². The summed E-state index contributed by atoms with van der Waals surface area (Å²) in [5.41, 5.74) is 5.50. The molecular weight excluding hydrogens is 340 g/mol. The van der Waals surface area contributed by atoms with Crippen LogP contribution in [0.1, 0.15) is 33.3 Å². The number of nitrogens with zero attached hydrogens (tertiary/aromatic N) is 2. The van der Waals surface area contributed by atoms with Crippen molar-refractivity contribution < 1.29 is 9.59 Å². The third-order valence-corrected chi connectivity index (χ3v) is 4.11. The Morgan fingerprint density at radius 2 is 1.78 bits per heavy atom. The first-order valence-corrected chi connectivity index (χ1v) is 8.96. The van der Waals surface area contributed by atoms with Crippen LogP contribution in [-0.4, -0.2) is 34.9 Å². The monoisotopic (exact) mass is 368 g/mol. The third-order valence-electron chi connectivity index (χ3n) is 4.11. The quantitative estimate of drug-likeness (QED) is 0.769. The molecule has 0 spiro atoms. The highest BCUT2D eigenvalue weighted by molar-refractivity contribution is 5.87. The van der Waals surface area contributed by atoms with Crippen molar-refractivity contribution in [1.29, 1.82) is 0 Å². The molecule has 6 nitrogen and oxygen atoms in total. The Kier molecular flexibility index (Phi) is 6.69. The lowest BCUT2D eigenvalue weighted by Gasteiger charge is -2.31. The Morgan fingerprint density at radius 3 is 2.30 bits per heavy atom. The molecule has 1 heterocycles. The summed E-state index contributed by atoms with van der Waals surface area (Å²) in [5, 5.41) is 4.45. The number of carbonyl (C=O) groups is 2. The maximum absolute atomic E-state index is 12.6. The fourth-order valence-corrected chi connectivity index (χ4v) is 2.76. The van der Waals surface area contributed by atoms with E-state index >= 15 is 0 Å². The van der Waals surface area contributed by atoms with Gasteiger partial charge >= 0.3 is 0 Å². The number of carbonyl (C=O) groups excluding carboxylic acids is 2. The fraction of sp³-hybridized carbons (Fsp3) is 0.381. The van der Waals surface area contributed by atoms with Crippen molar-refractivity contribution in [1.82, 2.24) is 20.7 Å². The number of aromatic nitrogens is 1. The van der Waals surface area contributed by atoms with E-state index in [0.29, 0.717) is 6.54 Å². The van der Waals surface area contributed by atoms with Gasteiger partial charge in [-0.3, -0.25) is 20.0 Å². The molecule has 2 rings (SSSR count). The molecule has 2 amide bonds. The molecule has 6 heteroatoms. The van der Waals surface area contributed by atoms with Crippen LogP contribution in [0.25, 0.3) is 11.3 Å². The molecule has 0 radical (unpaired) electrons. The SMILES string of the molecule is CC(=O)N[C@H](C(=O)NN(C)Cc1ccc(-c2ccccn2)cc1)C(C)(C)C. The Labute approximate surface area is 161 Å². The highest BCUT2D eigenvalue weighted by atomic mass is 16.2. The lowest BCUT2D eigenvalue weighted by Crippen LogP contribution is -2.56. The molecular formula is C21H28N4O2. The predicted octanol–water partition coefficient (Wildman–Crippen LogP) is 2.76. The summed E-state index contributed by atoms with van der Waals surface area (Å²) in [4.78, 5) is 28.4. The molecule has 0 fully saturated rings. The van der Waals surface area contributed by atoms with Gasteiger partial charge in [-0.15, -0.1) is 0 Å². The molecule has 0 saturated carbocycles. The van der Waals surface area contributed by atoms with Crippen LogP contribution in [0.4, 0.5) is 0 Å². The molecule has 0 saturated heterocycles. The Balaban J connectivity index is 1.99. The van der Waals surface area contributed by atoms with Gasteiger partial charge in [-0.05, 0) is 23.1 Å². The standard InChI is InChI=1S/C21H28N4O2/c1-15(26)23-19(21(2,3)4)20(27)24-25(5)14-16-9-11-17(12-10-16)18-8-6-7-13-22-18/h6-13,19H,14H2,1-5H3,(H,23,26)(H,24,27)/t19-/m1/s1. The van der Waals surface area contributed by atoms with Crippen molar-refractivity contribution in [3.05, 3.63) is 54.2 Å². The number of benzene rings is 1. The summed E-state index contributed by atoms with van der Waals surface area (Å²) in [6.45, 7) is 7.72. The second kappa shape index (κ2) is 8.77. The molecule has 0 unspecified atom stereocenters. The van der Waals surface area contributed by atoms with Crippen LogP contribution in [0.2, 0.25) is 0 Å². The van der Waals surface area contributed by atoms with E-state index in [-0.39, 0.29) is 17.2 Å². The minimum absolute atomic E-state index is 0.224. The first-order valence-electron chi connectivity index (χ1n) is 8.96. The van der Waals surface area contributed by atoms with Gasteiger partial charge < -0.3 is 5.32 Å². The van der Waals surface area contributed by atoms with Crippen LogP contribution in [0.3, 0.4) is 0 Å². The van der Waals surface area contributed by atoms with Crippen molar-refractivity contribution in [2.75, 3.05) is 7.05 Å². The first kappa shape index (κ1) is 20.6. The van der Waals surface area contributed by atoms with E-state index in [4.69, 9.17) is 0 Å². The van der Waals surface area contributed by atoms with Crippen molar-refractivity contribution in [3.63, 3.8) is 0 Å². The molecule has 144 valence electrons. The zero-order valence-electron chi connectivity index (χ0n) is 16.6. The van der Waals surface area contributed by atoms with Crippen molar-refractivity contribution >= 4 is 11.8 Å². The van der Waals surface area contributed by atoms with E-state index in [9.17, 15) is 9.59 Å². The number of hydrazine groups is 1. The van der Waals surface area contributed by atoms with Crippen LogP contribution in [0.15, 0.2) is 48.7 Å². The molecule has 0 bridgehead atoms. The minimum atomic E-state index is -0.607. The lowest BCUT2D eigenvalue weighted by atomic mass is 9.86. The van der Waals surface area contributed by atoms with E-state index in [2.05, 4.69) is 15.7 Å². The topological polar surface area (TPSA) is 74.3 Å². The van der Waals surface area contributed by atoms with Crippen LogP contribution in [-0.2, 0) is 16.1 Å². The Hall–Kier alpha value is -2.73. The smallest absolute Gasteiger partial charge is 0.257 e. The summed E-state index contributed by atoms with van der Waals surface area (Å²) in [6.07, 6.45) is 1.77. The van der Waals surface area contributed by atoms with Crippen LogP contribution >= 0.6 is 0 Å². The average Bonchev–Trinajstić information content (AvgIpc) is 2.60. The van der Waals surface area contributed by atoms with Gasteiger partial charge in [0, 0.05) is 32.3 Å². The summed E-state index contributed by atoms with van der Waals surface area (Å²) in [6, 6.07) is 13.3. The minimum Gasteiger partial charge on any atom is -0.344 e. The second-order valence-corrected chi connectivity index (χ2v) is 7.74. The number of amides is 2. The molecule has 1 aromatic carbocycles. The average molecular weight is 368 g/mol. The van der Waals surface area contributed by atoms with Gasteiger partial charge in [-0.1, -0.05) is 51.1 Å². The highest BCUT2D eigenvalue weighted by Gasteiger charge is 2.32. The number of nitrogens with one attached hydrogen (secondary N) is 2. The van der Waals surface area contributed by atoms with Crippen molar-refractivity contribution in [2.45, 2.75) is 40.3 Å². The fourth-order valence-electron chi connectivity index (χ4n) is 2.76. The van der Waals surface area contributed by atoms with Crippen molar-refractivity contribution in [3.8, 4) is 11.3 Å². The zero-order chi connectivity index (χ0) is 20.0. The van der Waals surface area contributed by atoms with E-state index in [1.54, 1.807) is 18.3 Å². The van der Waals surface area contributed by atoms with E-state index < -0.39 is 6.04 Å². The molecule has 27 heavy (non-hydrogen) atoms. The third kappa shape index (κ3) is 6.18. The Morgan fingerprint density at radius 1 is 1.11 bits per heavy atom. The van der Waals surface area contributed by atoms with Gasteiger partial charge in [0.25, 0.3) is 5.91 Å². The van der Waals surface area contributed by atoms with Gasteiger partial charge in [-0.25, -0.2) is 5.01 Å². The predicted molar refractivity (Wildman–Crippen MR) is 106 cm³/mol. The second-order valence-electron chi connectivity index (χ2n) is 7.74. The molecule has 1 atom stereocenters. The molecule has 0 aliphatic carbocycles. The molecule has 2 N–H and O–H groups in total. The summed E-state index contributed by atoms with van der Waals surface area (Å²) in [5.74, 6) is -0.455. The first-order chi connectivity index (χ1) is 12.7. The number of rotatable bonds is 6. The molecule has 1 aromatic heterocycles. The van der Waals surface area contributed by atoms with Crippen LogP contribution < -0.4 is 10.7 Å². The van der Waals surface area contributed by atoms with E-state index in [1.165, 1.54) is 6.92 Å². The molecule has 2 aromatic rings. The molecule has 0 aliphatic heterocycles. The maximum atomic E-state index is 12.6. The summed E-state index contributed by atoms with van der Waals surface area (Å²) >= 11 is 0. The number of hydrogen-bond donors (Lipinski definition) is 2. The zero-order valence-corrected chi connectivity index (χ0v) is 16.6. The van der Waals surface area contributed by atoms with Gasteiger partial charge in [0.05, 0.1) is 5.69 Å². The van der Waals surface area contributed by atoms with Gasteiger partial charge in [0.15, 0.2) is 0 Å². The molecule has 0 aliphatic rings. The Bertz CT molecular complexity index is 767. The van der Waals surface area contributed by atoms with E-state index in [0.717, 1.165) is 16.8 Å². The normalized spacial score (nSPS) is 12.5. The van der Waals surface area contributed by atoms with Crippen molar-refractivity contribution in [2.24, 2.45) is 5.41 Å². The van der Waals surface area contributed by atoms with E-state index in [1.807, 2.05) is 63.2 Å². The van der Waals surface area contributed by atoms with Crippen LogP contribution in [0, 0.1) is 5.41 Å². The van der Waals surface area contributed by atoms with Gasteiger partial charge in [0.1, 0.15) is 6.04 Å². The highest BCUT2D eigenvalue weighted by Crippen LogP contribution is 2.20. The number of hydrogen-bond acceptors (Lipinski definition) is 4. The largest absolute Gasteiger partial charge is 0.344 e. The lowest BCUT2D eigenvalue weighted by molar-refractivity contribution is -0.134. The summed E-state index contributed by atoms with van der Waals surface area (Å²) < 4.78 is 0. The maximum Gasteiger partial charge on any atom is 0.257 e. The summed E-state index contributed by atoms with van der Waals surface area (Å²) in [7, 11) is 1.80. The van der Waals surface area contributed by atoms with Crippen LogP contribution in [0.5, 0.6) is 0 Å². The van der Waals surface area contributed by atoms with Gasteiger partial charge in [0.2, 0.25) is 5.91 Å².